The maximum Gasteiger partial charge on any atom is 0.122 e. The van der Waals surface area contributed by atoms with Gasteiger partial charge >= 0.3 is 0 Å². The maximum atomic E-state index is 5.98. The second-order valence-corrected chi connectivity index (χ2v) is 4.74. The Hall–Kier alpha value is -2.35. The lowest BCUT2D eigenvalue weighted by molar-refractivity contribution is 0.304. The number of benzene rings is 2. The molecule has 0 bridgehead atoms. The molecule has 0 amide bonds. The minimum Gasteiger partial charge on any atom is -0.489 e. The third kappa shape index (κ3) is 2.50. The summed E-state index contributed by atoms with van der Waals surface area (Å²) < 4.78 is 5.98. The average molecular weight is 263 g/mol. The fourth-order valence-electron chi connectivity index (χ4n) is 2.38. The average Bonchev–Trinajstić information content (AvgIpc) is 2.53. The van der Waals surface area contributed by atoms with Crippen molar-refractivity contribution in [2.75, 3.05) is 0 Å². The lowest BCUT2D eigenvalue weighted by Crippen LogP contribution is -1.99. The van der Waals surface area contributed by atoms with Gasteiger partial charge in [-0.15, -0.1) is 0 Å². The number of aromatic nitrogens is 1. The van der Waals surface area contributed by atoms with E-state index < -0.39 is 0 Å². The molecule has 20 heavy (non-hydrogen) atoms. The fourth-order valence-corrected chi connectivity index (χ4v) is 2.38. The van der Waals surface area contributed by atoms with E-state index in [0.717, 1.165) is 28.6 Å². The number of pyridine rings is 1. The monoisotopic (exact) mass is 263 g/mol. The van der Waals surface area contributed by atoms with Gasteiger partial charge in [0, 0.05) is 17.1 Å². The molecule has 0 saturated carbocycles. The first-order chi connectivity index (χ1) is 9.88. The number of hydrogen-bond donors (Lipinski definition) is 0. The molecule has 2 nitrogen and oxygen atoms in total. The second kappa shape index (κ2) is 5.74. The van der Waals surface area contributed by atoms with Crippen LogP contribution in [0.5, 0.6) is 5.75 Å². The highest BCUT2D eigenvalue weighted by atomic mass is 16.5. The Morgan fingerprint density at radius 2 is 1.70 bits per heavy atom. The van der Waals surface area contributed by atoms with E-state index in [1.54, 1.807) is 0 Å². The van der Waals surface area contributed by atoms with Crippen LogP contribution in [0.1, 0.15) is 18.1 Å². The number of nitrogens with zero attached hydrogens (tertiary/aromatic N) is 1. The van der Waals surface area contributed by atoms with Crippen LogP contribution in [0.2, 0.25) is 0 Å². The van der Waals surface area contributed by atoms with Crippen LogP contribution in [0.4, 0.5) is 0 Å². The molecular formula is C18H17NO. The molecule has 1 heterocycles. The molecule has 2 aromatic carbocycles. The summed E-state index contributed by atoms with van der Waals surface area (Å²) in [5.74, 6) is 0.961. The molecule has 0 saturated heterocycles. The van der Waals surface area contributed by atoms with Crippen LogP contribution in [0.15, 0.2) is 60.8 Å². The van der Waals surface area contributed by atoms with Crippen molar-refractivity contribution in [1.29, 1.82) is 0 Å². The molecule has 100 valence electrons. The largest absolute Gasteiger partial charge is 0.489 e. The molecule has 0 aliphatic carbocycles. The molecule has 1 aromatic heterocycles. The van der Waals surface area contributed by atoms with Crippen LogP contribution in [0.3, 0.4) is 0 Å². The van der Waals surface area contributed by atoms with E-state index in [-0.39, 0.29) is 0 Å². The van der Waals surface area contributed by atoms with E-state index in [2.05, 4.69) is 42.2 Å². The quantitative estimate of drug-likeness (QED) is 0.697. The van der Waals surface area contributed by atoms with Crippen LogP contribution >= 0.6 is 0 Å². The molecule has 2 heteroatoms. The Kier molecular flexibility index (Phi) is 3.64. The molecular weight excluding hydrogens is 246 g/mol. The first kappa shape index (κ1) is 12.7. The first-order valence-corrected chi connectivity index (χ1v) is 6.92. The number of aryl methyl sites for hydroxylation is 1. The van der Waals surface area contributed by atoms with Gasteiger partial charge in [0.05, 0.1) is 5.52 Å². The number of fused-ring (bicyclic) bond motifs is 1. The van der Waals surface area contributed by atoms with E-state index in [1.165, 1.54) is 5.56 Å². The zero-order valence-corrected chi connectivity index (χ0v) is 11.5. The molecule has 0 atom stereocenters. The highest BCUT2D eigenvalue weighted by Crippen LogP contribution is 2.22. The van der Waals surface area contributed by atoms with Gasteiger partial charge in [-0.3, -0.25) is 4.98 Å². The van der Waals surface area contributed by atoms with Crippen molar-refractivity contribution in [3.8, 4) is 5.75 Å². The molecule has 0 spiro atoms. The standard InChI is InChI=1S/C18H17NO/c1-2-14-7-3-4-11-17(14)20-13-16-9-5-8-15-10-6-12-19-18(15)16/h3-12H,2,13H2,1H3. The van der Waals surface area contributed by atoms with Gasteiger partial charge < -0.3 is 4.74 Å². The van der Waals surface area contributed by atoms with E-state index >= 15 is 0 Å². The summed E-state index contributed by atoms with van der Waals surface area (Å²) in [6.45, 7) is 2.69. The van der Waals surface area contributed by atoms with Gasteiger partial charge in [0.15, 0.2) is 0 Å². The van der Waals surface area contributed by atoms with Crippen molar-refractivity contribution in [3.05, 3.63) is 71.9 Å². The Balaban J connectivity index is 1.87. The van der Waals surface area contributed by atoms with E-state index in [4.69, 9.17) is 4.74 Å². The van der Waals surface area contributed by atoms with Crippen LogP contribution in [-0.4, -0.2) is 4.98 Å². The number of hydrogen-bond acceptors (Lipinski definition) is 2. The zero-order valence-electron chi connectivity index (χ0n) is 11.5. The van der Waals surface area contributed by atoms with Crippen LogP contribution in [0, 0.1) is 0 Å². The topological polar surface area (TPSA) is 22.1 Å². The number of ether oxygens (including phenoxy) is 1. The van der Waals surface area contributed by atoms with Crippen LogP contribution in [0.25, 0.3) is 10.9 Å². The zero-order chi connectivity index (χ0) is 13.8. The van der Waals surface area contributed by atoms with Crippen molar-refractivity contribution in [1.82, 2.24) is 4.98 Å². The van der Waals surface area contributed by atoms with Gasteiger partial charge in [-0.05, 0) is 24.1 Å². The number of rotatable bonds is 4. The highest BCUT2D eigenvalue weighted by Gasteiger charge is 2.04. The Labute approximate surface area is 119 Å². The normalized spacial score (nSPS) is 10.7. The Morgan fingerprint density at radius 1 is 0.900 bits per heavy atom. The molecule has 3 aromatic rings. The summed E-state index contributed by atoms with van der Waals surface area (Å²) in [6, 6.07) is 18.4. The van der Waals surface area contributed by atoms with Crippen LogP contribution < -0.4 is 4.74 Å². The summed E-state index contributed by atoms with van der Waals surface area (Å²) in [4.78, 5) is 4.46. The fraction of sp³-hybridized carbons (Fsp3) is 0.167. The molecule has 0 aliphatic heterocycles. The van der Waals surface area contributed by atoms with Crippen molar-refractivity contribution in [2.24, 2.45) is 0 Å². The SMILES string of the molecule is CCc1ccccc1OCc1cccc2cccnc12. The summed E-state index contributed by atoms with van der Waals surface area (Å²) in [7, 11) is 0. The molecule has 0 unspecified atom stereocenters. The summed E-state index contributed by atoms with van der Waals surface area (Å²) in [5, 5.41) is 1.15. The van der Waals surface area contributed by atoms with Gasteiger partial charge in [-0.25, -0.2) is 0 Å². The minimum atomic E-state index is 0.547. The van der Waals surface area contributed by atoms with Crippen LogP contribution in [-0.2, 0) is 13.0 Å². The lowest BCUT2D eigenvalue weighted by atomic mass is 10.1. The van der Waals surface area contributed by atoms with E-state index in [9.17, 15) is 0 Å². The Morgan fingerprint density at radius 3 is 2.60 bits per heavy atom. The maximum absolute atomic E-state index is 5.98. The lowest BCUT2D eigenvalue weighted by Gasteiger charge is -2.11. The van der Waals surface area contributed by atoms with Gasteiger partial charge in [0.25, 0.3) is 0 Å². The minimum absolute atomic E-state index is 0.547. The third-order valence-corrected chi connectivity index (χ3v) is 3.45. The molecule has 0 radical (unpaired) electrons. The molecule has 0 aliphatic rings. The summed E-state index contributed by atoms with van der Waals surface area (Å²) in [6.07, 6.45) is 2.80. The summed E-state index contributed by atoms with van der Waals surface area (Å²) >= 11 is 0. The van der Waals surface area contributed by atoms with Gasteiger partial charge in [-0.2, -0.15) is 0 Å². The first-order valence-electron chi connectivity index (χ1n) is 6.92. The smallest absolute Gasteiger partial charge is 0.122 e. The molecule has 0 N–H and O–H groups in total. The molecule has 0 fully saturated rings. The van der Waals surface area contributed by atoms with Crippen molar-refractivity contribution in [2.45, 2.75) is 20.0 Å². The predicted octanol–water partition coefficient (Wildman–Crippen LogP) is 4.38. The summed E-state index contributed by atoms with van der Waals surface area (Å²) in [5.41, 5.74) is 3.37. The van der Waals surface area contributed by atoms with Gasteiger partial charge in [-0.1, -0.05) is 49.4 Å². The van der Waals surface area contributed by atoms with E-state index in [1.807, 2.05) is 30.5 Å². The molecule has 3 rings (SSSR count). The van der Waals surface area contributed by atoms with Gasteiger partial charge in [0.2, 0.25) is 0 Å². The van der Waals surface area contributed by atoms with Gasteiger partial charge in [0.1, 0.15) is 12.4 Å². The van der Waals surface area contributed by atoms with Crippen molar-refractivity contribution in [3.63, 3.8) is 0 Å². The second-order valence-electron chi connectivity index (χ2n) is 4.74. The number of para-hydroxylation sites is 2. The van der Waals surface area contributed by atoms with E-state index in [0.29, 0.717) is 6.61 Å². The predicted molar refractivity (Wildman–Crippen MR) is 81.9 cm³/mol. The Bertz CT molecular complexity index is 716. The third-order valence-electron chi connectivity index (χ3n) is 3.45. The van der Waals surface area contributed by atoms with Crippen molar-refractivity contribution < 1.29 is 4.74 Å². The highest BCUT2D eigenvalue weighted by molar-refractivity contribution is 5.81. The van der Waals surface area contributed by atoms with Crippen molar-refractivity contribution >= 4 is 10.9 Å².